The number of hydrogen-bond donors (Lipinski definition) is 0. The lowest BCUT2D eigenvalue weighted by Gasteiger charge is -1.85. The van der Waals surface area contributed by atoms with Gasteiger partial charge in [-0.25, -0.2) is 0 Å². The summed E-state index contributed by atoms with van der Waals surface area (Å²) in [4.78, 5) is 0. The Morgan fingerprint density at radius 2 is 1.71 bits per heavy atom. The smallest absolute Gasteiger partial charge is 0.0443 e. The van der Waals surface area contributed by atoms with Crippen LogP contribution in [0.5, 0.6) is 0 Å². The van der Waals surface area contributed by atoms with Crippen molar-refractivity contribution in [1.82, 2.24) is 0 Å². The molecule has 0 aromatic carbocycles. The van der Waals surface area contributed by atoms with E-state index in [9.17, 15) is 0 Å². The Labute approximate surface area is 55.1 Å². The molecule has 0 saturated heterocycles. The van der Waals surface area contributed by atoms with Crippen LogP contribution in [0.2, 0.25) is 0 Å². The van der Waals surface area contributed by atoms with Crippen molar-refractivity contribution in [2.24, 2.45) is 0 Å². The van der Waals surface area contributed by atoms with Crippen LogP contribution in [0.4, 0.5) is 0 Å². The van der Waals surface area contributed by atoms with Gasteiger partial charge in [0, 0.05) is 11.3 Å². The molecule has 0 bridgehead atoms. The monoisotopic (exact) mass is 140 g/mol. The number of rotatable bonds is 1. The molecule has 0 saturated carbocycles. The average Bonchev–Trinajstić information content (AvgIpc) is 1.73. The first-order chi connectivity index (χ1) is 3.27. The van der Waals surface area contributed by atoms with Gasteiger partial charge in [0.15, 0.2) is 0 Å². The molecule has 0 spiro atoms. The summed E-state index contributed by atoms with van der Waals surface area (Å²) in [6.07, 6.45) is 0. The van der Waals surface area contributed by atoms with Gasteiger partial charge in [0.25, 0.3) is 0 Å². The molecule has 0 heterocycles. The first-order valence-electron chi connectivity index (χ1n) is 1.97. The fraction of sp³-hybridized carbons (Fsp3) is 0.600. The minimum Gasteiger partial charge on any atom is -0.125 e. The molecule has 2 heteroatoms. The molecule has 0 radical (unpaired) electrons. The Hall–Kier alpha value is 0.320. The highest BCUT2D eigenvalue weighted by Crippen LogP contribution is 1.93. The molecular weight excluding hydrogens is 131 g/mol. The summed E-state index contributed by atoms with van der Waals surface area (Å²) in [5.41, 5.74) is 0. The molecule has 0 amide bonds. The van der Waals surface area contributed by atoms with Crippen LogP contribution in [0.1, 0.15) is 6.92 Å². The van der Waals surface area contributed by atoms with Crippen molar-refractivity contribution >= 4 is 23.2 Å². The molecule has 0 rings (SSSR count). The first-order valence-corrected chi connectivity index (χ1v) is 2.94. The quantitative estimate of drug-likeness (QED) is 0.389. The summed E-state index contributed by atoms with van der Waals surface area (Å²) in [5.74, 6) is 0.543. The minimum absolute atomic E-state index is 0.122. The number of halogens is 2. The van der Waals surface area contributed by atoms with E-state index >= 15 is 0 Å². The third-order valence-electron chi connectivity index (χ3n) is 0.213. The largest absolute Gasteiger partial charge is 0.125 e. The zero-order chi connectivity index (χ0) is 6.28. The van der Waals surface area contributed by atoms with Gasteiger partial charge in [0.1, 0.15) is 0 Å². The van der Waals surface area contributed by atoms with E-state index in [1.165, 1.54) is 0 Å². The standard InChI is InChI=1S/C3H6Cl2.C2H4/c1-3(5)2-4;1-2/h3H,2H2,1H3;1-2H2. The van der Waals surface area contributed by atoms with Crippen LogP contribution in [0.25, 0.3) is 0 Å². The van der Waals surface area contributed by atoms with Crippen molar-refractivity contribution in [3.63, 3.8) is 0 Å². The van der Waals surface area contributed by atoms with Crippen molar-refractivity contribution < 1.29 is 0 Å². The van der Waals surface area contributed by atoms with Crippen molar-refractivity contribution in [3.05, 3.63) is 13.2 Å². The molecule has 0 N–H and O–H groups in total. The summed E-state index contributed by atoms with van der Waals surface area (Å²) in [6, 6.07) is 0. The van der Waals surface area contributed by atoms with Gasteiger partial charge < -0.3 is 0 Å². The van der Waals surface area contributed by atoms with E-state index < -0.39 is 0 Å². The molecule has 0 aliphatic rings. The molecule has 0 aromatic rings. The van der Waals surface area contributed by atoms with Gasteiger partial charge in [-0.05, 0) is 6.92 Å². The van der Waals surface area contributed by atoms with Crippen LogP contribution in [0.15, 0.2) is 13.2 Å². The van der Waals surface area contributed by atoms with Gasteiger partial charge in [-0.3, -0.25) is 0 Å². The summed E-state index contributed by atoms with van der Waals surface area (Å²) in [6.45, 7) is 7.86. The molecule has 1 unspecified atom stereocenters. The predicted molar refractivity (Wildman–Crippen MR) is 37.3 cm³/mol. The van der Waals surface area contributed by atoms with E-state index in [1.807, 2.05) is 6.92 Å². The maximum Gasteiger partial charge on any atom is 0.0443 e. The maximum atomic E-state index is 5.33. The van der Waals surface area contributed by atoms with Gasteiger partial charge in [-0.15, -0.1) is 36.4 Å². The van der Waals surface area contributed by atoms with Gasteiger partial charge in [0.05, 0.1) is 0 Å². The summed E-state index contributed by atoms with van der Waals surface area (Å²) < 4.78 is 0. The van der Waals surface area contributed by atoms with E-state index in [1.54, 1.807) is 0 Å². The van der Waals surface area contributed by atoms with E-state index in [2.05, 4.69) is 13.2 Å². The normalized spacial score (nSPS) is 11.3. The Morgan fingerprint density at radius 3 is 1.71 bits per heavy atom. The highest BCUT2D eigenvalue weighted by atomic mass is 35.5. The highest BCUT2D eigenvalue weighted by molar-refractivity contribution is 6.27. The van der Waals surface area contributed by atoms with E-state index in [0.717, 1.165) is 0 Å². The van der Waals surface area contributed by atoms with Crippen LogP contribution < -0.4 is 0 Å². The van der Waals surface area contributed by atoms with Gasteiger partial charge in [-0.2, -0.15) is 0 Å². The Balaban J connectivity index is 0. The molecule has 1 atom stereocenters. The zero-order valence-electron chi connectivity index (χ0n) is 4.45. The molecule has 0 aliphatic heterocycles. The van der Waals surface area contributed by atoms with Crippen LogP contribution >= 0.6 is 23.2 Å². The van der Waals surface area contributed by atoms with Crippen LogP contribution in [-0.2, 0) is 0 Å². The van der Waals surface area contributed by atoms with Crippen molar-refractivity contribution in [1.29, 1.82) is 0 Å². The van der Waals surface area contributed by atoms with Crippen molar-refractivity contribution in [2.75, 3.05) is 5.88 Å². The lowest BCUT2D eigenvalue weighted by molar-refractivity contribution is 1.11. The van der Waals surface area contributed by atoms with Crippen molar-refractivity contribution in [3.8, 4) is 0 Å². The fourth-order valence-corrected chi connectivity index (χ4v) is 0. The number of alkyl halides is 2. The second-order valence-corrected chi connectivity index (χ2v) is 1.99. The molecule has 44 valence electrons. The summed E-state index contributed by atoms with van der Waals surface area (Å²) in [5, 5.41) is 0.122. The Bertz CT molecular complexity index is 27.3. The van der Waals surface area contributed by atoms with Crippen LogP contribution in [0.3, 0.4) is 0 Å². The number of hydrogen-bond acceptors (Lipinski definition) is 0. The van der Waals surface area contributed by atoms with Crippen LogP contribution in [-0.4, -0.2) is 11.3 Å². The average molecular weight is 141 g/mol. The molecule has 0 aromatic heterocycles. The summed E-state index contributed by atoms with van der Waals surface area (Å²) >= 11 is 10.5. The predicted octanol–water partition coefficient (Wildman–Crippen LogP) is 2.65. The topological polar surface area (TPSA) is 0 Å². The third kappa shape index (κ3) is 21.9. The van der Waals surface area contributed by atoms with Gasteiger partial charge in [-0.1, -0.05) is 0 Å². The fourth-order valence-electron chi connectivity index (χ4n) is 0. The second-order valence-electron chi connectivity index (χ2n) is 0.935. The van der Waals surface area contributed by atoms with Gasteiger partial charge >= 0.3 is 0 Å². The van der Waals surface area contributed by atoms with Crippen molar-refractivity contribution in [2.45, 2.75) is 12.3 Å². The SMILES string of the molecule is C=C.CC(Cl)CCl. The lowest BCUT2D eigenvalue weighted by Crippen LogP contribution is -1.87. The zero-order valence-corrected chi connectivity index (χ0v) is 5.97. The Morgan fingerprint density at radius 1 is 1.57 bits per heavy atom. The molecule has 0 nitrogen and oxygen atoms in total. The lowest BCUT2D eigenvalue weighted by atomic mass is 10.6. The maximum absolute atomic E-state index is 5.33. The van der Waals surface area contributed by atoms with Crippen LogP contribution in [0, 0.1) is 0 Å². The second kappa shape index (κ2) is 9.58. The molecule has 0 aliphatic carbocycles. The molecule has 0 fully saturated rings. The summed E-state index contributed by atoms with van der Waals surface area (Å²) in [7, 11) is 0. The highest BCUT2D eigenvalue weighted by Gasteiger charge is 1.85. The minimum atomic E-state index is 0.122. The Kier molecular flexibility index (Phi) is 14.1. The molecule has 7 heavy (non-hydrogen) atoms. The van der Waals surface area contributed by atoms with E-state index in [4.69, 9.17) is 23.2 Å². The van der Waals surface area contributed by atoms with E-state index in [0.29, 0.717) is 5.88 Å². The van der Waals surface area contributed by atoms with Gasteiger partial charge in [0.2, 0.25) is 0 Å². The van der Waals surface area contributed by atoms with E-state index in [-0.39, 0.29) is 5.38 Å². The third-order valence-corrected chi connectivity index (χ3v) is 0.988. The molecular formula is C5H10Cl2. The first kappa shape index (κ1) is 10.3.